The third-order valence-corrected chi connectivity index (χ3v) is 5.45. The number of nitrogens with zero attached hydrogens (tertiary/aromatic N) is 1. The van der Waals surface area contributed by atoms with Crippen molar-refractivity contribution in [2.45, 2.75) is 25.2 Å². The Bertz CT molecular complexity index is 987. The van der Waals surface area contributed by atoms with E-state index in [1.54, 1.807) is 24.3 Å². The molecular weight excluding hydrogens is 407 g/mol. The molecule has 0 aliphatic carbocycles. The van der Waals surface area contributed by atoms with Crippen LogP contribution >= 0.6 is 23.2 Å². The van der Waals surface area contributed by atoms with Gasteiger partial charge in [-0.15, -0.1) is 0 Å². The third kappa shape index (κ3) is 4.96. The van der Waals surface area contributed by atoms with Gasteiger partial charge in [-0.05, 0) is 49.1 Å². The number of hydrogen-bond acceptors (Lipinski definition) is 3. The van der Waals surface area contributed by atoms with Gasteiger partial charge in [0.15, 0.2) is 0 Å². The molecule has 3 aromatic rings. The summed E-state index contributed by atoms with van der Waals surface area (Å²) in [5.41, 5.74) is 9.55. The number of aliphatic hydroxyl groups excluding tert-OH is 1. The van der Waals surface area contributed by atoms with Gasteiger partial charge in [0.25, 0.3) is 0 Å². The van der Waals surface area contributed by atoms with Crippen molar-refractivity contribution in [2.24, 2.45) is 5.73 Å². The van der Waals surface area contributed by atoms with Gasteiger partial charge in [-0.1, -0.05) is 59.6 Å². The Hall–Kier alpha value is -2.40. The number of primary amides is 1. The first-order chi connectivity index (χ1) is 14.0. The molecule has 3 rings (SSSR count). The lowest BCUT2D eigenvalue weighted by Crippen LogP contribution is -2.24. The van der Waals surface area contributed by atoms with Crippen LogP contribution in [-0.2, 0) is 11.2 Å². The zero-order valence-corrected chi connectivity index (χ0v) is 17.3. The second-order valence-corrected chi connectivity index (χ2v) is 7.57. The molecule has 3 N–H and O–H groups in total. The van der Waals surface area contributed by atoms with Gasteiger partial charge < -0.3 is 10.8 Å². The van der Waals surface area contributed by atoms with Crippen molar-refractivity contribution in [3.63, 3.8) is 0 Å². The normalized spacial score (nSPS) is 12.0. The Morgan fingerprint density at radius 1 is 0.966 bits per heavy atom. The first kappa shape index (κ1) is 21.3. The number of halogens is 2. The summed E-state index contributed by atoms with van der Waals surface area (Å²) < 4.78 is 0. The molecule has 0 saturated heterocycles. The number of benzene rings is 2. The topological polar surface area (TPSA) is 76.2 Å². The van der Waals surface area contributed by atoms with Crippen molar-refractivity contribution < 1.29 is 9.90 Å². The molecular formula is C23H22Cl2N2O2. The molecule has 1 unspecified atom stereocenters. The van der Waals surface area contributed by atoms with Gasteiger partial charge >= 0.3 is 0 Å². The highest BCUT2D eigenvalue weighted by Gasteiger charge is 2.27. The zero-order chi connectivity index (χ0) is 20.8. The number of carbonyl (C=O) groups excluding carboxylic acids is 1. The van der Waals surface area contributed by atoms with E-state index in [0.29, 0.717) is 21.3 Å². The maximum atomic E-state index is 12.3. The zero-order valence-electron chi connectivity index (χ0n) is 15.8. The van der Waals surface area contributed by atoms with Gasteiger partial charge in [-0.25, -0.2) is 0 Å². The minimum Gasteiger partial charge on any atom is -0.396 e. The number of aromatic nitrogens is 1. The molecule has 2 aromatic carbocycles. The SMILES string of the molecule is NC(=O)C(c1cccc(-c2ccccc2CCCCO)n1)c1c(Cl)cccc1Cl. The molecule has 0 bridgehead atoms. The lowest BCUT2D eigenvalue weighted by molar-refractivity contribution is -0.118. The Kier molecular flexibility index (Phi) is 7.26. The Morgan fingerprint density at radius 3 is 2.34 bits per heavy atom. The highest BCUT2D eigenvalue weighted by molar-refractivity contribution is 6.36. The van der Waals surface area contributed by atoms with Crippen molar-refractivity contribution in [2.75, 3.05) is 6.61 Å². The van der Waals surface area contributed by atoms with Crippen LogP contribution in [-0.4, -0.2) is 22.6 Å². The number of aliphatic hydroxyl groups is 1. The van der Waals surface area contributed by atoms with E-state index in [1.165, 1.54) is 0 Å². The maximum absolute atomic E-state index is 12.3. The average Bonchev–Trinajstić information content (AvgIpc) is 2.71. The summed E-state index contributed by atoms with van der Waals surface area (Å²) in [6, 6.07) is 18.6. The van der Waals surface area contributed by atoms with E-state index in [4.69, 9.17) is 39.0 Å². The second-order valence-electron chi connectivity index (χ2n) is 6.76. The Morgan fingerprint density at radius 2 is 1.66 bits per heavy atom. The Balaban J connectivity index is 2.04. The van der Waals surface area contributed by atoms with Crippen LogP contribution in [0, 0.1) is 0 Å². The first-order valence-electron chi connectivity index (χ1n) is 9.42. The molecule has 1 aromatic heterocycles. The number of pyridine rings is 1. The highest BCUT2D eigenvalue weighted by atomic mass is 35.5. The lowest BCUT2D eigenvalue weighted by atomic mass is 9.93. The summed E-state index contributed by atoms with van der Waals surface area (Å²) in [4.78, 5) is 17.1. The van der Waals surface area contributed by atoms with E-state index >= 15 is 0 Å². The summed E-state index contributed by atoms with van der Waals surface area (Å²) in [7, 11) is 0. The fraction of sp³-hybridized carbons (Fsp3) is 0.217. The summed E-state index contributed by atoms with van der Waals surface area (Å²) >= 11 is 12.7. The van der Waals surface area contributed by atoms with E-state index in [9.17, 15) is 4.79 Å². The first-order valence-corrected chi connectivity index (χ1v) is 10.2. The molecule has 1 atom stereocenters. The minimum atomic E-state index is -0.849. The molecule has 1 heterocycles. The van der Waals surface area contributed by atoms with Crippen LogP contribution in [0.4, 0.5) is 0 Å². The van der Waals surface area contributed by atoms with Gasteiger partial charge in [0.2, 0.25) is 5.91 Å². The molecule has 0 radical (unpaired) electrons. The molecule has 4 nitrogen and oxygen atoms in total. The summed E-state index contributed by atoms with van der Waals surface area (Å²) in [5, 5.41) is 9.80. The third-order valence-electron chi connectivity index (χ3n) is 4.79. The van der Waals surface area contributed by atoms with Gasteiger partial charge in [-0.2, -0.15) is 0 Å². The fourth-order valence-electron chi connectivity index (χ4n) is 3.40. The lowest BCUT2D eigenvalue weighted by Gasteiger charge is -2.18. The number of unbranched alkanes of at least 4 members (excludes halogenated alkanes) is 1. The summed E-state index contributed by atoms with van der Waals surface area (Å²) in [5.74, 6) is -1.42. The molecule has 0 aliphatic heterocycles. The second kappa shape index (κ2) is 9.88. The van der Waals surface area contributed by atoms with E-state index in [1.807, 2.05) is 30.3 Å². The predicted octanol–water partition coefficient (Wildman–Crippen LogP) is 4.99. The van der Waals surface area contributed by atoms with Gasteiger partial charge in [0.1, 0.15) is 5.92 Å². The maximum Gasteiger partial charge on any atom is 0.231 e. The molecule has 0 fully saturated rings. The van der Waals surface area contributed by atoms with Crippen molar-refractivity contribution >= 4 is 29.1 Å². The Labute approximate surface area is 180 Å². The minimum absolute atomic E-state index is 0.175. The van der Waals surface area contributed by atoms with Gasteiger partial charge in [-0.3, -0.25) is 9.78 Å². The largest absolute Gasteiger partial charge is 0.396 e. The summed E-state index contributed by atoms with van der Waals surface area (Å²) in [6.07, 6.45) is 2.46. The molecule has 1 amide bonds. The molecule has 0 spiro atoms. The van der Waals surface area contributed by atoms with Gasteiger partial charge in [0.05, 0.1) is 11.4 Å². The molecule has 150 valence electrons. The van der Waals surface area contributed by atoms with E-state index in [2.05, 4.69) is 6.07 Å². The van der Waals surface area contributed by atoms with Crippen molar-refractivity contribution in [3.05, 3.63) is 87.5 Å². The number of rotatable bonds is 8. The molecule has 6 heteroatoms. The number of amides is 1. The quantitative estimate of drug-likeness (QED) is 0.496. The average molecular weight is 429 g/mol. The van der Waals surface area contributed by atoms with Crippen LogP contribution in [0.2, 0.25) is 10.0 Å². The summed E-state index contributed by atoms with van der Waals surface area (Å²) in [6.45, 7) is 0.175. The number of nitrogens with two attached hydrogens (primary N) is 1. The van der Waals surface area contributed by atoms with Crippen LogP contribution in [0.15, 0.2) is 60.7 Å². The fourth-order valence-corrected chi connectivity index (χ4v) is 4.02. The number of carbonyl (C=O) groups is 1. The van der Waals surface area contributed by atoms with E-state index < -0.39 is 11.8 Å². The molecule has 0 aliphatic rings. The van der Waals surface area contributed by atoms with Crippen LogP contribution in [0.1, 0.15) is 35.6 Å². The van der Waals surface area contributed by atoms with E-state index in [-0.39, 0.29) is 6.61 Å². The van der Waals surface area contributed by atoms with Crippen LogP contribution in [0.25, 0.3) is 11.3 Å². The number of aryl methyl sites for hydroxylation is 1. The van der Waals surface area contributed by atoms with Crippen LogP contribution in [0.5, 0.6) is 0 Å². The van der Waals surface area contributed by atoms with Gasteiger partial charge in [0, 0.05) is 27.8 Å². The molecule has 0 saturated carbocycles. The highest BCUT2D eigenvalue weighted by Crippen LogP contribution is 2.36. The monoisotopic (exact) mass is 428 g/mol. The molecule has 29 heavy (non-hydrogen) atoms. The number of hydrogen-bond donors (Lipinski definition) is 2. The van der Waals surface area contributed by atoms with Crippen molar-refractivity contribution in [3.8, 4) is 11.3 Å². The predicted molar refractivity (Wildman–Crippen MR) is 117 cm³/mol. The van der Waals surface area contributed by atoms with Crippen LogP contribution < -0.4 is 5.73 Å². The standard InChI is InChI=1S/C23H22Cl2N2O2/c24-17-10-5-11-18(25)21(17)22(23(26)29)20-13-6-12-19(27-20)16-9-2-1-7-15(16)8-3-4-14-28/h1-2,5-7,9-13,22,28H,3-4,8,14H2,(H2,26,29). The smallest absolute Gasteiger partial charge is 0.231 e. The van der Waals surface area contributed by atoms with Crippen molar-refractivity contribution in [1.82, 2.24) is 4.98 Å². The van der Waals surface area contributed by atoms with Crippen LogP contribution in [0.3, 0.4) is 0 Å². The van der Waals surface area contributed by atoms with Crippen molar-refractivity contribution in [1.29, 1.82) is 0 Å². The van der Waals surface area contributed by atoms with E-state index in [0.717, 1.165) is 36.1 Å².